The van der Waals surface area contributed by atoms with Crippen molar-refractivity contribution in [3.63, 3.8) is 0 Å². The third-order valence-electron chi connectivity index (χ3n) is 3.21. The number of carbonyl (C=O) groups is 1. The maximum atomic E-state index is 12.1. The van der Waals surface area contributed by atoms with Gasteiger partial charge in [0, 0.05) is 11.4 Å². The molecular formula is C14H15N5OS. The molecule has 0 saturated carbocycles. The Labute approximate surface area is 125 Å². The van der Waals surface area contributed by atoms with E-state index < -0.39 is 0 Å². The molecule has 3 rings (SSSR count). The summed E-state index contributed by atoms with van der Waals surface area (Å²) in [6, 6.07) is 7.87. The molecule has 3 heterocycles. The van der Waals surface area contributed by atoms with Gasteiger partial charge in [0.25, 0.3) is 0 Å². The molecule has 21 heavy (non-hydrogen) atoms. The topological polar surface area (TPSA) is 75.6 Å². The van der Waals surface area contributed by atoms with E-state index in [4.69, 9.17) is 0 Å². The molecule has 7 heteroatoms. The monoisotopic (exact) mass is 301 g/mol. The summed E-state index contributed by atoms with van der Waals surface area (Å²) < 4.78 is 1.95. The summed E-state index contributed by atoms with van der Waals surface area (Å²) in [4.78, 5) is 17.3. The SMILES string of the molecule is Cc1ccc(C)n1CC(=O)Nc1n[nH]c(-c2cccs2)n1. The average molecular weight is 301 g/mol. The Hall–Kier alpha value is -2.41. The Kier molecular flexibility index (Phi) is 3.57. The average Bonchev–Trinajstić information content (AvgIpc) is 3.16. The van der Waals surface area contributed by atoms with Crippen LogP contribution in [0.3, 0.4) is 0 Å². The van der Waals surface area contributed by atoms with Gasteiger partial charge < -0.3 is 4.57 Å². The van der Waals surface area contributed by atoms with Crippen molar-refractivity contribution < 1.29 is 4.79 Å². The van der Waals surface area contributed by atoms with E-state index in [-0.39, 0.29) is 12.5 Å². The van der Waals surface area contributed by atoms with Crippen LogP contribution >= 0.6 is 11.3 Å². The molecule has 2 N–H and O–H groups in total. The van der Waals surface area contributed by atoms with Gasteiger partial charge >= 0.3 is 0 Å². The second-order valence-electron chi connectivity index (χ2n) is 4.74. The fourth-order valence-corrected chi connectivity index (χ4v) is 2.76. The number of thiophene rings is 1. The Balaban J connectivity index is 1.68. The first-order chi connectivity index (χ1) is 10.1. The highest BCUT2D eigenvalue weighted by atomic mass is 32.1. The number of carbonyl (C=O) groups excluding carboxylic acids is 1. The van der Waals surface area contributed by atoms with Gasteiger partial charge in [-0.25, -0.2) is 0 Å². The normalized spacial score (nSPS) is 10.8. The number of hydrogen-bond donors (Lipinski definition) is 2. The molecule has 0 aliphatic heterocycles. The maximum absolute atomic E-state index is 12.1. The van der Waals surface area contributed by atoms with E-state index >= 15 is 0 Å². The van der Waals surface area contributed by atoms with E-state index in [2.05, 4.69) is 20.5 Å². The molecule has 0 aliphatic carbocycles. The van der Waals surface area contributed by atoms with Gasteiger partial charge in [-0.15, -0.1) is 16.4 Å². The number of aromatic nitrogens is 4. The lowest BCUT2D eigenvalue weighted by molar-refractivity contribution is -0.116. The van der Waals surface area contributed by atoms with Crippen LogP contribution in [0.5, 0.6) is 0 Å². The summed E-state index contributed by atoms with van der Waals surface area (Å²) in [5.41, 5.74) is 2.11. The molecule has 0 unspecified atom stereocenters. The largest absolute Gasteiger partial charge is 0.340 e. The molecule has 0 fully saturated rings. The predicted molar refractivity (Wildman–Crippen MR) is 82.2 cm³/mol. The Bertz CT molecular complexity index is 737. The van der Waals surface area contributed by atoms with E-state index in [1.165, 1.54) is 0 Å². The second kappa shape index (κ2) is 5.53. The summed E-state index contributed by atoms with van der Waals surface area (Å²) in [5, 5.41) is 11.5. The molecule has 0 aromatic carbocycles. The number of aryl methyl sites for hydroxylation is 2. The van der Waals surface area contributed by atoms with Crippen molar-refractivity contribution >= 4 is 23.2 Å². The van der Waals surface area contributed by atoms with Gasteiger partial charge in [-0.1, -0.05) is 6.07 Å². The standard InChI is InChI=1S/C14H15N5OS/c1-9-5-6-10(2)19(9)8-12(20)15-14-16-13(17-18-14)11-4-3-7-21-11/h3-7H,8H2,1-2H3,(H2,15,16,17,18,20). The maximum Gasteiger partial charge on any atom is 0.249 e. The van der Waals surface area contributed by atoms with Gasteiger partial charge in [0.05, 0.1) is 4.88 Å². The Morgan fingerprint density at radius 1 is 1.33 bits per heavy atom. The van der Waals surface area contributed by atoms with Crippen LogP contribution in [0.1, 0.15) is 11.4 Å². The molecule has 0 atom stereocenters. The number of aromatic amines is 1. The molecule has 3 aromatic rings. The number of anilines is 1. The zero-order valence-corrected chi connectivity index (χ0v) is 12.6. The van der Waals surface area contributed by atoms with Crippen LogP contribution in [-0.2, 0) is 11.3 Å². The number of nitrogens with one attached hydrogen (secondary N) is 2. The van der Waals surface area contributed by atoms with Crippen molar-refractivity contribution in [2.45, 2.75) is 20.4 Å². The van der Waals surface area contributed by atoms with Gasteiger partial charge in [0.1, 0.15) is 6.54 Å². The van der Waals surface area contributed by atoms with Gasteiger partial charge in [-0.3, -0.25) is 15.2 Å². The molecule has 0 saturated heterocycles. The second-order valence-corrected chi connectivity index (χ2v) is 5.68. The number of nitrogens with zero attached hydrogens (tertiary/aromatic N) is 3. The molecule has 108 valence electrons. The van der Waals surface area contributed by atoms with Crippen molar-refractivity contribution in [2.75, 3.05) is 5.32 Å². The first-order valence-electron chi connectivity index (χ1n) is 6.52. The van der Waals surface area contributed by atoms with E-state index in [9.17, 15) is 4.79 Å². The lowest BCUT2D eigenvalue weighted by Gasteiger charge is -2.07. The van der Waals surface area contributed by atoms with E-state index in [0.717, 1.165) is 16.3 Å². The lowest BCUT2D eigenvalue weighted by atomic mass is 10.4. The number of amides is 1. The molecular weight excluding hydrogens is 286 g/mol. The molecule has 1 amide bonds. The summed E-state index contributed by atoms with van der Waals surface area (Å²) in [7, 11) is 0. The summed E-state index contributed by atoms with van der Waals surface area (Å²) in [6.07, 6.45) is 0. The molecule has 0 bridgehead atoms. The van der Waals surface area contributed by atoms with Crippen LogP contribution < -0.4 is 5.32 Å². The van der Waals surface area contributed by atoms with Gasteiger partial charge in [0.2, 0.25) is 11.9 Å². The summed E-state index contributed by atoms with van der Waals surface area (Å²) >= 11 is 1.57. The highest BCUT2D eigenvalue weighted by molar-refractivity contribution is 7.13. The first kappa shape index (κ1) is 13.6. The minimum atomic E-state index is -0.144. The highest BCUT2D eigenvalue weighted by Gasteiger charge is 2.11. The highest BCUT2D eigenvalue weighted by Crippen LogP contribution is 2.21. The Morgan fingerprint density at radius 2 is 2.10 bits per heavy atom. The molecule has 3 aromatic heterocycles. The fourth-order valence-electron chi connectivity index (χ4n) is 2.10. The van der Waals surface area contributed by atoms with Crippen LogP contribution in [-0.4, -0.2) is 25.7 Å². The van der Waals surface area contributed by atoms with Crippen molar-refractivity contribution in [3.8, 4) is 10.7 Å². The first-order valence-corrected chi connectivity index (χ1v) is 7.40. The number of H-pyrrole nitrogens is 1. The van der Waals surface area contributed by atoms with Gasteiger partial charge in [0.15, 0.2) is 5.82 Å². The lowest BCUT2D eigenvalue weighted by Crippen LogP contribution is -2.20. The van der Waals surface area contributed by atoms with Gasteiger partial charge in [-0.2, -0.15) is 4.98 Å². The van der Waals surface area contributed by atoms with Crippen LogP contribution in [0.2, 0.25) is 0 Å². The van der Waals surface area contributed by atoms with Crippen LogP contribution in [0.25, 0.3) is 10.7 Å². The smallest absolute Gasteiger partial charge is 0.249 e. The fraction of sp³-hybridized carbons (Fsp3) is 0.214. The van der Waals surface area contributed by atoms with E-state index in [0.29, 0.717) is 11.8 Å². The minimum absolute atomic E-state index is 0.144. The van der Waals surface area contributed by atoms with Crippen LogP contribution in [0.4, 0.5) is 5.95 Å². The molecule has 0 radical (unpaired) electrons. The molecule has 0 spiro atoms. The van der Waals surface area contributed by atoms with E-state index in [1.54, 1.807) is 11.3 Å². The van der Waals surface area contributed by atoms with Crippen molar-refractivity contribution in [1.82, 2.24) is 19.7 Å². The summed E-state index contributed by atoms with van der Waals surface area (Å²) in [6.45, 7) is 4.21. The predicted octanol–water partition coefficient (Wildman–Crippen LogP) is 2.59. The Morgan fingerprint density at radius 3 is 2.76 bits per heavy atom. The van der Waals surface area contributed by atoms with Crippen molar-refractivity contribution in [2.24, 2.45) is 0 Å². The van der Waals surface area contributed by atoms with E-state index in [1.807, 2.05) is 48.1 Å². The van der Waals surface area contributed by atoms with Crippen LogP contribution in [0.15, 0.2) is 29.6 Å². The molecule has 6 nitrogen and oxygen atoms in total. The van der Waals surface area contributed by atoms with Gasteiger partial charge in [-0.05, 0) is 37.4 Å². The zero-order valence-electron chi connectivity index (χ0n) is 11.8. The third kappa shape index (κ3) is 2.87. The quantitative estimate of drug-likeness (QED) is 0.777. The third-order valence-corrected chi connectivity index (χ3v) is 4.09. The number of rotatable bonds is 4. The minimum Gasteiger partial charge on any atom is -0.340 e. The zero-order chi connectivity index (χ0) is 14.8. The summed E-state index contributed by atoms with van der Waals surface area (Å²) in [5.74, 6) is 0.814. The van der Waals surface area contributed by atoms with Crippen molar-refractivity contribution in [3.05, 3.63) is 41.0 Å². The number of hydrogen-bond acceptors (Lipinski definition) is 4. The van der Waals surface area contributed by atoms with Crippen LogP contribution in [0, 0.1) is 13.8 Å². The van der Waals surface area contributed by atoms with Crippen molar-refractivity contribution in [1.29, 1.82) is 0 Å². The molecule has 0 aliphatic rings.